The van der Waals surface area contributed by atoms with E-state index in [1.807, 2.05) is 32.0 Å². The lowest BCUT2D eigenvalue weighted by Crippen LogP contribution is -2.21. The number of amides is 1. The zero-order chi connectivity index (χ0) is 15.4. The fourth-order valence-electron chi connectivity index (χ4n) is 1.92. The smallest absolute Gasteiger partial charge is 0.375 e. The maximum atomic E-state index is 11.8. The molecule has 5 heteroatoms. The average molecular weight is 287 g/mol. The van der Waals surface area contributed by atoms with Gasteiger partial charge in [-0.2, -0.15) is 0 Å². The van der Waals surface area contributed by atoms with Crippen LogP contribution in [0.4, 0.5) is 5.69 Å². The van der Waals surface area contributed by atoms with Crippen LogP contribution >= 0.6 is 0 Å². The van der Waals surface area contributed by atoms with Gasteiger partial charge < -0.3 is 14.5 Å². The molecule has 1 aromatic heterocycles. The number of benzene rings is 1. The minimum absolute atomic E-state index is 0.120. The molecule has 21 heavy (non-hydrogen) atoms. The van der Waals surface area contributed by atoms with Crippen LogP contribution in [0.1, 0.15) is 27.2 Å². The van der Waals surface area contributed by atoms with Crippen molar-refractivity contribution in [1.29, 1.82) is 0 Å². The highest BCUT2D eigenvalue weighted by molar-refractivity contribution is 5.95. The number of hydrogen-bond acceptors (Lipinski definition) is 4. The van der Waals surface area contributed by atoms with Crippen LogP contribution in [-0.4, -0.2) is 18.5 Å². The zero-order valence-corrected chi connectivity index (χ0v) is 12.2. The Balaban J connectivity index is 1.90. The highest BCUT2D eigenvalue weighted by atomic mass is 16.5. The van der Waals surface area contributed by atoms with Crippen LogP contribution in [0.3, 0.4) is 0 Å². The lowest BCUT2D eigenvalue weighted by atomic mass is 10.1. The van der Waals surface area contributed by atoms with Crippen molar-refractivity contribution in [2.75, 3.05) is 11.9 Å². The number of carbonyl (C=O) groups is 2. The summed E-state index contributed by atoms with van der Waals surface area (Å²) >= 11 is 0. The van der Waals surface area contributed by atoms with Gasteiger partial charge in [0, 0.05) is 11.3 Å². The molecule has 0 saturated heterocycles. The summed E-state index contributed by atoms with van der Waals surface area (Å²) in [4.78, 5) is 23.5. The Morgan fingerprint density at radius 3 is 2.52 bits per heavy atom. The van der Waals surface area contributed by atoms with Crippen molar-refractivity contribution < 1.29 is 18.7 Å². The van der Waals surface area contributed by atoms with Crippen LogP contribution < -0.4 is 5.32 Å². The van der Waals surface area contributed by atoms with Crippen molar-refractivity contribution >= 4 is 17.6 Å². The van der Waals surface area contributed by atoms with Crippen molar-refractivity contribution in [2.45, 2.75) is 20.8 Å². The summed E-state index contributed by atoms with van der Waals surface area (Å²) in [7, 11) is 0. The molecule has 110 valence electrons. The second-order valence-corrected chi connectivity index (χ2v) is 4.88. The topological polar surface area (TPSA) is 68.5 Å². The summed E-state index contributed by atoms with van der Waals surface area (Å²) in [6.07, 6.45) is 1.40. The Labute approximate surface area is 122 Å². The van der Waals surface area contributed by atoms with Crippen molar-refractivity contribution in [3.05, 3.63) is 53.0 Å². The van der Waals surface area contributed by atoms with Crippen molar-refractivity contribution in [3.8, 4) is 0 Å². The molecule has 5 nitrogen and oxygen atoms in total. The van der Waals surface area contributed by atoms with Gasteiger partial charge in [-0.05, 0) is 38.5 Å². The third kappa shape index (κ3) is 3.72. The Morgan fingerprint density at radius 1 is 1.14 bits per heavy atom. The van der Waals surface area contributed by atoms with E-state index in [1.165, 1.54) is 6.26 Å². The van der Waals surface area contributed by atoms with Crippen LogP contribution in [0.25, 0.3) is 0 Å². The zero-order valence-electron chi connectivity index (χ0n) is 12.2. The molecular weight excluding hydrogens is 270 g/mol. The molecule has 1 heterocycles. The number of esters is 1. The number of anilines is 1. The summed E-state index contributed by atoms with van der Waals surface area (Å²) < 4.78 is 9.92. The van der Waals surface area contributed by atoms with Gasteiger partial charge >= 0.3 is 5.97 Å². The maximum absolute atomic E-state index is 11.8. The molecule has 0 radical (unpaired) electrons. The highest BCUT2D eigenvalue weighted by Gasteiger charge is 2.16. The summed E-state index contributed by atoms with van der Waals surface area (Å²) in [5, 5.41) is 2.71. The first-order valence-corrected chi connectivity index (χ1v) is 6.55. The van der Waals surface area contributed by atoms with E-state index in [0.29, 0.717) is 11.3 Å². The molecule has 0 fully saturated rings. The average Bonchev–Trinajstić information content (AvgIpc) is 2.85. The summed E-state index contributed by atoms with van der Waals surface area (Å²) in [6, 6.07) is 7.35. The predicted octanol–water partition coefficient (Wildman–Crippen LogP) is 3.00. The van der Waals surface area contributed by atoms with Crippen molar-refractivity contribution in [3.63, 3.8) is 0 Å². The summed E-state index contributed by atoms with van der Waals surface area (Å²) in [6.45, 7) is 5.26. The second-order valence-electron chi connectivity index (χ2n) is 4.88. The standard InChI is InChI=1S/C16H17NO4/c1-10-4-5-13(12(3)8-10)17-14(18)9-21-16(19)15-11(2)6-7-20-15/h4-8H,9H2,1-3H3,(H,17,18). The molecule has 0 spiro atoms. The van der Waals surface area contributed by atoms with Crippen LogP contribution in [0.2, 0.25) is 0 Å². The van der Waals surface area contributed by atoms with E-state index in [9.17, 15) is 9.59 Å². The Morgan fingerprint density at radius 2 is 1.90 bits per heavy atom. The highest BCUT2D eigenvalue weighted by Crippen LogP contribution is 2.16. The summed E-state index contributed by atoms with van der Waals surface area (Å²) in [5.41, 5.74) is 3.45. The molecular formula is C16H17NO4. The van der Waals surface area contributed by atoms with E-state index in [-0.39, 0.29) is 18.3 Å². The molecule has 1 amide bonds. The molecule has 0 aliphatic rings. The molecule has 0 aliphatic carbocycles. The van der Waals surface area contributed by atoms with E-state index in [1.54, 1.807) is 13.0 Å². The Hall–Kier alpha value is -2.56. The fourth-order valence-corrected chi connectivity index (χ4v) is 1.92. The van der Waals surface area contributed by atoms with Gasteiger partial charge in [-0.15, -0.1) is 0 Å². The van der Waals surface area contributed by atoms with Gasteiger partial charge in [0.25, 0.3) is 5.91 Å². The Bertz CT molecular complexity index is 673. The first-order chi connectivity index (χ1) is 9.97. The van der Waals surface area contributed by atoms with Crippen molar-refractivity contribution in [2.24, 2.45) is 0 Å². The van der Waals surface area contributed by atoms with E-state index in [0.717, 1.165) is 11.1 Å². The third-order valence-electron chi connectivity index (χ3n) is 3.04. The number of carbonyl (C=O) groups excluding carboxylic acids is 2. The lowest BCUT2D eigenvalue weighted by molar-refractivity contribution is -0.119. The number of aryl methyl sites for hydroxylation is 3. The lowest BCUT2D eigenvalue weighted by Gasteiger charge is -2.09. The minimum atomic E-state index is -0.645. The molecule has 0 unspecified atom stereocenters. The van der Waals surface area contributed by atoms with Gasteiger partial charge in [0.2, 0.25) is 5.76 Å². The van der Waals surface area contributed by atoms with Gasteiger partial charge in [0.15, 0.2) is 6.61 Å². The summed E-state index contributed by atoms with van der Waals surface area (Å²) in [5.74, 6) is -0.915. The van der Waals surface area contributed by atoms with Gasteiger partial charge in [0.1, 0.15) is 0 Å². The van der Waals surface area contributed by atoms with Crippen molar-refractivity contribution in [1.82, 2.24) is 0 Å². The molecule has 0 atom stereocenters. The van der Waals surface area contributed by atoms with Gasteiger partial charge in [-0.1, -0.05) is 17.7 Å². The Kier molecular flexibility index (Phi) is 4.42. The normalized spacial score (nSPS) is 10.2. The SMILES string of the molecule is Cc1ccc(NC(=O)COC(=O)c2occc2C)c(C)c1. The van der Waals surface area contributed by atoms with Gasteiger partial charge in [0.05, 0.1) is 6.26 Å². The number of rotatable bonds is 4. The van der Waals surface area contributed by atoms with Crippen LogP contribution in [0, 0.1) is 20.8 Å². The van der Waals surface area contributed by atoms with E-state index in [2.05, 4.69) is 5.32 Å². The quantitative estimate of drug-likeness (QED) is 0.878. The molecule has 2 rings (SSSR count). The van der Waals surface area contributed by atoms with Crippen LogP contribution in [-0.2, 0) is 9.53 Å². The number of furan rings is 1. The number of ether oxygens (including phenoxy) is 1. The van der Waals surface area contributed by atoms with E-state index in [4.69, 9.17) is 9.15 Å². The van der Waals surface area contributed by atoms with E-state index >= 15 is 0 Å². The largest absolute Gasteiger partial charge is 0.457 e. The third-order valence-corrected chi connectivity index (χ3v) is 3.04. The second kappa shape index (κ2) is 6.26. The molecule has 0 saturated carbocycles. The first-order valence-electron chi connectivity index (χ1n) is 6.55. The molecule has 0 aliphatic heterocycles. The monoisotopic (exact) mass is 287 g/mol. The van der Waals surface area contributed by atoms with Gasteiger partial charge in [-0.25, -0.2) is 4.79 Å². The van der Waals surface area contributed by atoms with Crippen LogP contribution in [0.5, 0.6) is 0 Å². The number of nitrogens with one attached hydrogen (secondary N) is 1. The molecule has 1 aromatic carbocycles. The first kappa shape index (κ1) is 14.8. The molecule has 1 N–H and O–H groups in total. The number of hydrogen-bond donors (Lipinski definition) is 1. The minimum Gasteiger partial charge on any atom is -0.457 e. The predicted molar refractivity (Wildman–Crippen MR) is 78.3 cm³/mol. The fraction of sp³-hybridized carbons (Fsp3) is 0.250. The maximum Gasteiger partial charge on any atom is 0.375 e. The van der Waals surface area contributed by atoms with Crippen LogP contribution in [0.15, 0.2) is 34.9 Å². The van der Waals surface area contributed by atoms with E-state index < -0.39 is 5.97 Å². The van der Waals surface area contributed by atoms with Gasteiger partial charge in [-0.3, -0.25) is 4.79 Å². The molecule has 0 bridgehead atoms. The molecule has 2 aromatic rings.